The first kappa shape index (κ1) is 16.2. The second-order valence-corrected chi connectivity index (χ2v) is 4.44. The van der Waals surface area contributed by atoms with Crippen molar-refractivity contribution in [2.75, 3.05) is 33.9 Å². The Morgan fingerprint density at radius 2 is 2.00 bits per heavy atom. The van der Waals surface area contributed by atoms with Crippen molar-refractivity contribution in [1.29, 1.82) is 0 Å². The van der Waals surface area contributed by atoms with E-state index in [1.807, 2.05) is 37.3 Å². The standard InChI is InChI=1S/C16H23NO3/c1-4-20-15-9-6-14(7-10-15)8-11-16(18)17(2)12-5-13-19-3/h6-11H,4-5,12-13H2,1-3H3/b11-8+. The van der Waals surface area contributed by atoms with Crippen LogP contribution < -0.4 is 4.74 Å². The van der Waals surface area contributed by atoms with Crippen LogP contribution in [0.1, 0.15) is 18.9 Å². The van der Waals surface area contributed by atoms with Gasteiger partial charge in [0, 0.05) is 33.4 Å². The molecule has 1 aromatic rings. The molecule has 0 bridgehead atoms. The summed E-state index contributed by atoms with van der Waals surface area (Å²) in [6.45, 7) is 3.96. The first-order valence-electron chi connectivity index (χ1n) is 6.82. The SMILES string of the molecule is CCOc1ccc(/C=C/C(=O)N(C)CCCOC)cc1. The van der Waals surface area contributed by atoms with Crippen molar-refractivity contribution in [3.05, 3.63) is 35.9 Å². The number of carbonyl (C=O) groups is 1. The molecule has 0 aliphatic rings. The van der Waals surface area contributed by atoms with E-state index in [4.69, 9.17) is 9.47 Å². The lowest BCUT2D eigenvalue weighted by Gasteiger charge is -2.14. The molecule has 4 heteroatoms. The number of amides is 1. The Morgan fingerprint density at radius 3 is 2.60 bits per heavy atom. The van der Waals surface area contributed by atoms with Crippen LogP contribution in [0.15, 0.2) is 30.3 Å². The summed E-state index contributed by atoms with van der Waals surface area (Å²) >= 11 is 0. The third-order valence-electron chi connectivity index (χ3n) is 2.83. The third-order valence-corrected chi connectivity index (χ3v) is 2.83. The number of hydrogen-bond donors (Lipinski definition) is 0. The van der Waals surface area contributed by atoms with Crippen LogP contribution in [-0.2, 0) is 9.53 Å². The van der Waals surface area contributed by atoms with Crippen molar-refractivity contribution in [1.82, 2.24) is 4.90 Å². The zero-order valence-electron chi connectivity index (χ0n) is 12.5. The van der Waals surface area contributed by atoms with E-state index in [0.29, 0.717) is 19.8 Å². The summed E-state index contributed by atoms with van der Waals surface area (Å²) in [5.74, 6) is 0.836. The fraction of sp³-hybridized carbons (Fsp3) is 0.438. The number of hydrogen-bond acceptors (Lipinski definition) is 3. The lowest BCUT2D eigenvalue weighted by atomic mass is 10.2. The maximum atomic E-state index is 11.9. The lowest BCUT2D eigenvalue weighted by Crippen LogP contribution is -2.26. The Balaban J connectivity index is 2.47. The van der Waals surface area contributed by atoms with Gasteiger partial charge in [-0.3, -0.25) is 4.79 Å². The largest absolute Gasteiger partial charge is 0.494 e. The van der Waals surface area contributed by atoms with Crippen LogP contribution in [-0.4, -0.2) is 44.7 Å². The molecular weight excluding hydrogens is 254 g/mol. The van der Waals surface area contributed by atoms with Gasteiger partial charge in [-0.05, 0) is 37.1 Å². The second kappa shape index (κ2) is 9.15. The van der Waals surface area contributed by atoms with Crippen LogP contribution in [0.2, 0.25) is 0 Å². The molecule has 0 N–H and O–H groups in total. The fourth-order valence-corrected chi connectivity index (χ4v) is 1.69. The smallest absolute Gasteiger partial charge is 0.246 e. The van der Waals surface area contributed by atoms with Crippen molar-refractivity contribution in [2.24, 2.45) is 0 Å². The van der Waals surface area contributed by atoms with E-state index in [9.17, 15) is 4.79 Å². The average Bonchev–Trinajstić information content (AvgIpc) is 2.46. The Morgan fingerprint density at radius 1 is 1.30 bits per heavy atom. The number of likely N-dealkylation sites (N-methyl/N-ethyl adjacent to an activating group) is 1. The number of carbonyl (C=O) groups excluding carboxylic acids is 1. The highest BCUT2D eigenvalue weighted by molar-refractivity contribution is 5.91. The second-order valence-electron chi connectivity index (χ2n) is 4.44. The normalized spacial score (nSPS) is 10.8. The Kier molecular flexibility index (Phi) is 7.43. The Labute approximate surface area is 121 Å². The Hall–Kier alpha value is -1.81. The summed E-state index contributed by atoms with van der Waals surface area (Å²) in [6.07, 6.45) is 4.24. The van der Waals surface area contributed by atoms with Crippen LogP contribution in [0, 0.1) is 0 Å². The predicted molar refractivity (Wildman–Crippen MR) is 80.8 cm³/mol. The number of nitrogens with zero attached hydrogens (tertiary/aromatic N) is 1. The monoisotopic (exact) mass is 277 g/mol. The first-order chi connectivity index (χ1) is 9.67. The minimum Gasteiger partial charge on any atom is -0.494 e. The average molecular weight is 277 g/mol. The molecule has 0 spiro atoms. The van der Waals surface area contributed by atoms with Gasteiger partial charge in [-0.1, -0.05) is 12.1 Å². The topological polar surface area (TPSA) is 38.8 Å². The third kappa shape index (κ3) is 5.89. The quantitative estimate of drug-likeness (QED) is 0.541. The summed E-state index contributed by atoms with van der Waals surface area (Å²) in [6, 6.07) is 7.66. The predicted octanol–water partition coefficient (Wildman–Crippen LogP) is 2.59. The summed E-state index contributed by atoms with van der Waals surface area (Å²) < 4.78 is 10.3. The summed E-state index contributed by atoms with van der Waals surface area (Å²) in [5, 5.41) is 0. The molecule has 0 heterocycles. The van der Waals surface area contributed by atoms with E-state index >= 15 is 0 Å². The van der Waals surface area contributed by atoms with E-state index in [1.54, 1.807) is 25.1 Å². The molecule has 0 aliphatic heterocycles. The van der Waals surface area contributed by atoms with Gasteiger partial charge in [-0.15, -0.1) is 0 Å². The highest BCUT2D eigenvalue weighted by atomic mass is 16.5. The Bertz CT molecular complexity index is 426. The highest BCUT2D eigenvalue weighted by Crippen LogP contribution is 2.13. The summed E-state index contributed by atoms with van der Waals surface area (Å²) in [7, 11) is 3.45. The zero-order valence-corrected chi connectivity index (χ0v) is 12.5. The molecule has 0 aliphatic carbocycles. The van der Waals surface area contributed by atoms with Crippen molar-refractivity contribution in [2.45, 2.75) is 13.3 Å². The van der Waals surface area contributed by atoms with E-state index in [1.165, 1.54) is 0 Å². The van der Waals surface area contributed by atoms with Gasteiger partial charge in [0.25, 0.3) is 0 Å². The van der Waals surface area contributed by atoms with Gasteiger partial charge in [-0.2, -0.15) is 0 Å². The molecule has 20 heavy (non-hydrogen) atoms. The van der Waals surface area contributed by atoms with E-state index in [-0.39, 0.29) is 5.91 Å². The van der Waals surface area contributed by atoms with E-state index < -0.39 is 0 Å². The van der Waals surface area contributed by atoms with E-state index in [2.05, 4.69) is 0 Å². The molecule has 0 saturated heterocycles. The highest BCUT2D eigenvalue weighted by Gasteiger charge is 2.03. The lowest BCUT2D eigenvalue weighted by molar-refractivity contribution is -0.124. The molecule has 0 atom stereocenters. The molecule has 0 saturated carbocycles. The number of rotatable bonds is 8. The molecule has 0 unspecified atom stereocenters. The van der Waals surface area contributed by atoms with Gasteiger partial charge in [0.2, 0.25) is 5.91 Å². The maximum absolute atomic E-state index is 11.9. The van der Waals surface area contributed by atoms with Crippen LogP contribution in [0.25, 0.3) is 6.08 Å². The molecular formula is C16H23NO3. The van der Waals surface area contributed by atoms with Crippen LogP contribution in [0.4, 0.5) is 0 Å². The minimum atomic E-state index is -0.00464. The molecule has 1 aromatic carbocycles. The van der Waals surface area contributed by atoms with Gasteiger partial charge in [0.15, 0.2) is 0 Å². The molecule has 0 aromatic heterocycles. The molecule has 4 nitrogen and oxygen atoms in total. The van der Waals surface area contributed by atoms with Gasteiger partial charge in [-0.25, -0.2) is 0 Å². The van der Waals surface area contributed by atoms with Crippen LogP contribution in [0.5, 0.6) is 5.75 Å². The molecule has 0 fully saturated rings. The fourth-order valence-electron chi connectivity index (χ4n) is 1.69. The first-order valence-corrected chi connectivity index (χ1v) is 6.82. The zero-order chi connectivity index (χ0) is 14.8. The van der Waals surface area contributed by atoms with Crippen LogP contribution in [0.3, 0.4) is 0 Å². The van der Waals surface area contributed by atoms with Gasteiger partial charge in [0.05, 0.1) is 6.61 Å². The maximum Gasteiger partial charge on any atom is 0.246 e. The van der Waals surface area contributed by atoms with Crippen molar-refractivity contribution >= 4 is 12.0 Å². The van der Waals surface area contributed by atoms with Gasteiger partial charge < -0.3 is 14.4 Å². The minimum absolute atomic E-state index is 0.00464. The van der Waals surface area contributed by atoms with Crippen LogP contribution >= 0.6 is 0 Å². The number of ether oxygens (including phenoxy) is 2. The van der Waals surface area contributed by atoms with Gasteiger partial charge in [0.1, 0.15) is 5.75 Å². The molecule has 1 rings (SSSR count). The molecule has 110 valence electrons. The molecule has 1 amide bonds. The number of benzene rings is 1. The molecule has 0 radical (unpaired) electrons. The van der Waals surface area contributed by atoms with E-state index in [0.717, 1.165) is 17.7 Å². The van der Waals surface area contributed by atoms with Gasteiger partial charge >= 0.3 is 0 Å². The number of methoxy groups -OCH3 is 1. The van der Waals surface area contributed by atoms with Crippen molar-refractivity contribution in [3.8, 4) is 5.75 Å². The van der Waals surface area contributed by atoms with Crippen molar-refractivity contribution < 1.29 is 14.3 Å². The summed E-state index contributed by atoms with van der Waals surface area (Å²) in [4.78, 5) is 13.5. The summed E-state index contributed by atoms with van der Waals surface area (Å²) in [5.41, 5.74) is 0.979. The van der Waals surface area contributed by atoms with Crippen molar-refractivity contribution in [3.63, 3.8) is 0 Å².